The van der Waals surface area contributed by atoms with Crippen LogP contribution in [0.4, 0.5) is 11.4 Å². The number of hydrogen-bond acceptors (Lipinski definition) is 5. The van der Waals surface area contributed by atoms with E-state index in [4.69, 9.17) is 9.47 Å². The van der Waals surface area contributed by atoms with Crippen LogP contribution in [0.15, 0.2) is 66.7 Å². The van der Waals surface area contributed by atoms with E-state index in [0.29, 0.717) is 17.9 Å². The van der Waals surface area contributed by atoms with Crippen molar-refractivity contribution in [1.82, 2.24) is 10.2 Å². The molecule has 0 saturated carbocycles. The number of nitrogens with one attached hydrogen (secondary N) is 2. The minimum absolute atomic E-state index is 0.215. The second-order valence-electron chi connectivity index (χ2n) is 8.29. The van der Waals surface area contributed by atoms with E-state index in [1.807, 2.05) is 73.7 Å². The van der Waals surface area contributed by atoms with Gasteiger partial charge >= 0.3 is 0 Å². The van der Waals surface area contributed by atoms with Crippen LogP contribution in [-0.4, -0.2) is 42.4 Å². The van der Waals surface area contributed by atoms with Crippen molar-refractivity contribution < 1.29 is 14.3 Å². The second kappa shape index (κ2) is 9.97. The molecule has 1 saturated heterocycles. The molecule has 2 heterocycles. The number of aromatic amines is 1. The van der Waals surface area contributed by atoms with Crippen LogP contribution in [-0.2, 0) is 17.8 Å². The van der Waals surface area contributed by atoms with Gasteiger partial charge < -0.3 is 19.7 Å². The Morgan fingerprint density at radius 2 is 1.85 bits per heavy atom. The highest BCUT2D eigenvalue weighted by atomic mass is 16.5. The van der Waals surface area contributed by atoms with Crippen molar-refractivity contribution in [3.05, 3.63) is 83.6 Å². The predicted molar refractivity (Wildman–Crippen MR) is 134 cm³/mol. The van der Waals surface area contributed by atoms with Gasteiger partial charge in [0, 0.05) is 35.9 Å². The molecule has 0 unspecified atom stereocenters. The van der Waals surface area contributed by atoms with E-state index in [2.05, 4.69) is 20.4 Å². The Morgan fingerprint density at radius 1 is 1.09 bits per heavy atom. The lowest BCUT2D eigenvalue weighted by atomic mass is 10.1. The van der Waals surface area contributed by atoms with Crippen LogP contribution in [0.5, 0.6) is 5.75 Å². The summed E-state index contributed by atoms with van der Waals surface area (Å²) in [4.78, 5) is 15.6. The van der Waals surface area contributed by atoms with Crippen molar-refractivity contribution in [3.63, 3.8) is 0 Å². The molecule has 3 aromatic carbocycles. The lowest BCUT2D eigenvalue weighted by molar-refractivity contribution is 0.102. The van der Waals surface area contributed by atoms with Crippen LogP contribution in [0, 0.1) is 0 Å². The minimum atomic E-state index is -0.215. The SMILES string of the molecule is CCc1n[nH]c2cc(OCc3ccccc3)c(C(=O)Nc3ccc(N4CCOCC4)cc3)cc12. The monoisotopic (exact) mass is 456 g/mol. The van der Waals surface area contributed by atoms with Crippen molar-refractivity contribution in [2.45, 2.75) is 20.0 Å². The lowest BCUT2D eigenvalue weighted by Gasteiger charge is -2.28. The third-order valence-corrected chi connectivity index (χ3v) is 6.06. The molecule has 0 radical (unpaired) electrons. The number of H-pyrrole nitrogens is 1. The molecule has 0 bridgehead atoms. The fraction of sp³-hybridized carbons (Fsp3) is 0.259. The molecule has 0 atom stereocenters. The summed E-state index contributed by atoms with van der Waals surface area (Å²) in [5, 5.41) is 11.4. The minimum Gasteiger partial charge on any atom is -0.488 e. The number of carbonyl (C=O) groups excluding carboxylic acids is 1. The van der Waals surface area contributed by atoms with Crippen molar-refractivity contribution in [1.29, 1.82) is 0 Å². The maximum absolute atomic E-state index is 13.3. The molecule has 1 amide bonds. The van der Waals surface area contributed by atoms with Crippen LogP contribution >= 0.6 is 0 Å². The number of benzene rings is 3. The van der Waals surface area contributed by atoms with Gasteiger partial charge in [-0.25, -0.2) is 0 Å². The van der Waals surface area contributed by atoms with Gasteiger partial charge in [0.1, 0.15) is 12.4 Å². The lowest BCUT2D eigenvalue weighted by Crippen LogP contribution is -2.36. The highest BCUT2D eigenvalue weighted by molar-refractivity contribution is 6.08. The molecule has 1 fully saturated rings. The van der Waals surface area contributed by atoms with E-state index in [0.717, 1.165) is 66.3 Å². The van der Waals surface area contributed by atoms with E-state index in [-0.39, 0.29) is 5.91 Å². The Labute approximate surface area is 198 Å². The van der Waals surface area contributed by atoms with E-state index in [1.165, 1.54) is 0 Å². The van der Waals surface area contributed by atoms with Crippen molar-refractivity contribution >= 4 is 28.2 Å². The fourth-order valence-electron chi connectivity index (χ4n) is 4.18. The van der Waals surface area contributed by atoms with Crippen LogP contribution in [0.25, 0.3) is 10.9 Å². The van der Waals surface area contributed by atoms with E-state index in [1.54, 1.807) is 0 Å². The summed E-state index contributed by atoms with van der Waals surface area (Å²) in [6.07, 6.45) is 0.772. The van der Waals surface area contributed by atoms with Gasteiger partial charge in [0.05, 0.1) is 30.0 Å². The first-order chi connectivity index (χ1) is 16.7. The van der Waals surface area contributed by atoms with Gasteiger partial charge in [0.2, 0.25) is 0 Å². The normalized spacial score (nSPS) is 13.7. The van der Waals surface area contributed by atoms with Gasteiger partial charge in [-0.3, -0.25) is 9.89 Å². The van der Waals surface area contributed by atoms with Crippen molar-refractivity contribution in [2.75, 3.05) is 36.5 Å². The number of aryl methyl sites for hydroxylation is 1. The van der Waals surface area contributed by atoms with E-state index in [9.17, 15) is 4.79 Å². The first kappa shape index (κ1) is 22.0. The average molecular weight is 457 g/mol. The standard InChI is InChI=1S/C27H28N4O3/c1-2-24-22-16-23(26(17-25(22)30-29-24)34-18-19-6-4-3-5-7-19)27(32)28-20-8-10-21(11-9-20)31-12-14-33-15-13-31/h3-11,16-17H,2,12-15,18H2,1H3,(H,28,32)(H,29,30). The Balaban J connectivity index is 1.39. The van der Waals surface area contributed by atoms with Crippen LogP contribution in [0.3, 0.4) is 0 Å². The Kier molecular flexibility index (Phi) is 6.44. The second-order valence-corrected chi connectivity index (χ2v) is 8.29. The average Bonchev–Trinajstić information content (AvgIpc) is 3.30. The molecule has 4 aromatic rings. The summed E-state index contributed by atoms with van der Waals surface area (Å²) < 4.78 is 11.5. The molecule has 174 valence electrons. The number of aromatic nitrogens is 2. The third kappa shape index (κ3) is 4.75. The number of amides is 1. The summed E-state index contributed by atoms with van der Waals surface area (Å²) >= 11 is 0. The summed E-state index contributed by atoms with van der Waals surface area (Å²) in [6.45, 7) is 5.64. The Hall–Kier alpha value is -3.84. The van der Waals surface area contributed by atoms with E-state index >= 15 is 0 Å². The molecule has 0 spiro atoms. The fourth-order valence-corrected chi connectivity index (χ4v) is 4.18. The maximum atomic E-state index is 13.3. The highest BCUT2D eigenvalue weighted by Gasteiger charge is 2.18. The van der Waals surface area contributed by atoms with E-state index < -0.39 is 0 Å². The first-order valence-corrected chi connectivity index (χ1v) is 11.6. The van der Waals surface area contributed by atoms with Gasteiger partial charge in [0.25, 0.3) is 5.91 Å². The van der Waals surface area contributed by atoms with Crippen LogP contribution in [0.2, 0.25) is 0 Å². The van der Waals surface area contributed by atoms with Crippen LogP contribution in [0.1, 0.15) is 28.5 Å². The molecule has 2 N–H and O–H groups in total. The number of fused-ring (bicyclic) bond motifs is 1. The van der Waals surface area contributed by atoms with Gasteiger partial charge in [-0.05, 0) is 42.3 Å². The molecule has 1 aliphatic rings. The molecule has 0 aliphatic carbocycles. The Morgan fingerprint density at radius 3 is 2.59 bits per heavy atom. The number of rotatable bonds is 7. The summed E-state index contributed by atoms with van der Waals surface area (Å²) in [5.41, 5.74) is 5.16. The number of morpholine rings is 1. The topological polar surface area (TPSA) is 79.5 Å². The number of hydrogen-bond donors (Lipinski definition) is 2. The van der Waals surface area contributed by atoms with Crippen LogP contribution < -0.4 is 15.0 Å². The third-order valence-electron chi connectivity index (χ3n) is 6.06. The van der Waals surface area contributed by atoms with Gasteiger partial charge in [-0.15, -0.1) is 0 Å². The smallest absolute Gasteiger partial charge is 0.259 e. The summed E-state index contributed by atoms with van der Waals surface area (Å²) in [6, 6.07) is 21.6. The number of nitrogens with zero attached hydrogens (tertiary/aromatic N) is 2. The predicted octanol–water partition coefficient (Wildman–Crippen LogP) is 4.79. The molecule has 5 rings (SSSR count). The maximum Gasteiger partial charge on any atom is 0.259 e. The van der Waals surface area contributed by atoms with Gasteiger partial charge in [-0.1, -0.05) is 37.3 Å². The Bertz CT molecular complexity index is 1260. The first-order valence-electron chi connectivity index (χ1n) is 11.6. The largest absolute Gasteiger partial charge is 0.488 e. The zero-order valence-corrected chi connectivity index (χ0v) is 19.2. The zero-order chi connectivity index (χ0) is 23.3. The molecule has 7 heteroatoms. The van der Waals surface area contributed by atoms with Gasteiger partial charge in [-0.2, -0.15) is 5.10 Å². The zero-order valence-electron chi connectivity index (χ0n) is 19.2. The molecule has 34 heavy (non-hydrogen) atoms. The van der Waals surface area contributed by atoms with Crippen molar-refractivity contribution in [2.24, 2.45) is 0 Å². The molecule has 1 aliphatic heterocycles. The molecule has 7 nitrogen and oxygen atoms in total. The summed E-state index contributed by atoms with van der Waals surface area (Å²) in [5.74, 6) is 0.303. The quantitative estimate of drug-likeness (QED) is 0.418. The molecule has 1 aromatic heterocycles. The number of carbonyl (C=O) groups is 1. The van der Waals surface area contributed by atoms with Crippen molar-refractivity contribution in [3.8, 4) is 5.75 Å². The summed E-state index contributed by atoms with van der Waals surface area (Å²) in [7, 11) is 0. The van der Waals surface area contributed by atoms with Gasteiger partial charge in [0.15, 0.2) is 0 Å². The highest BCUT2D eigenvalue weighted by Crippen LogP contribution is 2.29. The molecular formula is C27H28N4O3. The molecular weight excluding hydrogens is 428 g/mol. The number of ether oxygens (including phenoxy) is 2. The number of anilines is 2.